The molecule has 5 nitrogen and oxygen atoms in total. The van der Waals surface area contributed by atoms with Crippen molar-refractivity contribution in [3.8, 4) is 0 Å². The number of hydrogen-bond donors (Lipinski definition) is 2. The number of halogens is 2. The van der Waals surface area contributed by atoms with Crippen LogP contribution in [0.5, 0.6) is 0 Å². The number of aryl methyl sites for hydroxylation is 1. The summed E-state index contributed by atoms with van der Waals surface area (Å²) in [6, 6.07) is 0. The lowest BCUT2D eigenvalue weighted by molar-refractivity contribution is -0.126. The lowest BCUT2D eigenvalue weighted by atomic mass is 9.98. The fourth-order valence-electron chi connectivity index (χ4n) is 2.14. The summed E-state index contributed by atoms with van der Waals surface area (Å²) in [6.45, 7) is 0.446. The molecule has 18 heavy (non-hydrogen) atoms. The summed E-state index contributed by atoms with van der Waals surface area (Å²) >= 11 is 0. The van der Waals surface area contributed by atoms with Gasteiger partial charge in [-0.25, -0.2) is 4.98 Å². The maximum Gasteiger partial charge on any atom is 0.240 e. The van der Waals surface area contributed by atoms with Gasteiger partial charge in [0.25, 0.3) is 0 Å². The number of hydrogen-bond acceptors (Lipinski definition) is 3. The standard InChI is InChI=1S/C11H18N4O.2ClH/c1-15-7-6-13-9(15)8-14-10(16)11(12)4-2-3-5-11;;/h6-7H,2-5,8,12H2,1H3,(H,14,16);2*1H. The normalized spacial score (nSPS) is 16.6. The van der Waals surface area contributed by atoms with E-state index in [1.54, 1.807) is 6.20 Å². The first-order valence-electron chi connectivity index (χ1n) is 5.65. The van der Waals surface area contributed by atoms with Crippen LogP contribution in [-0.2, 0) is 18.4 Å². The Kier molecular flexibility index (Phi) is 6.67. The van der Waals surface area contributed by atoms with E-state index in [9.17, 15) is 4.79 Å². The molecule has 1 fully saturated rings. The van der Waals surface area contributed by atoms with Gasteiger partial charge in [0.05, 0.1) is 12.1 Å². The Labute approximate surface area is 119 Å². The summed E-state index contributed by atoms with van der Waals surface area (Å²) in [4.78, 5) is 16.0. The summed E-state index contributed by atoms with van der Waals surface area (Å²) in [5.41, 5.74) is 5.39. The Morgan fingerprint density at radius 2 is 2.11 bits per heavy atom. The first-order chi connectivity index (χ1) is 7.62. The molecule has 7 heteroatoms. The molecule has 1 heterocycles. The van der Waals surface area contributed by atoms with E-state index in [1.165, 1.54) is 0 Å². The van der Waals surface area contributed by atoms with Gasteiger partial charge in [-0.05, 0) is 12.8 Å². The third-order valence-electron chi connectivity index (χ3n) is 3.28. The SMILES string of the molecule is Cl.Cl.Cn1ccnc1CNC(=O)C1(N)CCCC1. The van der Waals surface area contributed by atoms with Crippen molar-refractivity contribution in [2.24, 2.45) is 12.8 Å². The molecule has 0 aliphatic heterocycles. The van der Waals surface area contributed by atoms with Crippen LogP contribution < -0.4 is 11.1 Å². The number of aromatic nitrogens is 2. The minimum absolute atomic E-state index is 0. The lowest BCUT2D eigenvalue weighted by Crippen LogP contribution is -2.51. The number of carbonyl (C=O) groups is 1. The minimum Gasteiger partial charge on any atom is -0.347 e. The van der Waals surface area contributed by atoms with Gasteiger partial charge in [-0.2, -0.15) is 0 Å². The molecule has 1 saturated carbocycles. The Morgan fingerprint density at radius 1 is 1.50 bits per heavy atom. The Balaban J connectivity index is 0.00000144. The van der Waals surface area contributed by atoms with Crippen molar-refractivity contribution in [2.75, 3.05) is 0 Å². The second-order valence-electron chi connectivity index (χ2n) is 4.50. The van der Waals surface area contributed by atoms with Crippen molar-refractivity contribution < 1.29 is 4.79 Å². The summed E-state index contributed by atoms with van der Waals surface area (Å²) in [7, 11) is 1.91. The summed E-state index contributed by atoms with van der Waals surface area (Å²) < 4.78 is 1.89. The van der Waals surface area contributed by atoms with E-state index in [4.69, 9.17) is 5.73 Å². The van der Waals surface area contributed by atoms with Crippen LogP contribution in [0.1, 0.15) is 31.5 Å². The largest absolute Gasteiger partial charge is 0.347 e. The highest BCUT2D eigenvalue weighted by molar-refractivity contribution is 5.86. The number of rotatable bonds is 3. The molecule has 0 spiro atoms. The maximum absolute atomic E-state index is 11.9. The van der Waals surface area contributed by atoms with E-state index in [0.717, 1.165) is 31.5 Å². The van der Waals surface area contributed by atoms with Gasteiger partial charge in [0, 0.05) is 19.4 Å². The van der Waals surface area contributed by atoms with E-state index in [1.807, 2.05) is 17.8 Å². The highest BCUT2D eigenvalue weighted by Gasteiger charge is 2.36. The van der Waals surface area contributed by atoms with Gasteiger partial charge in [0.15, 0.2) is 0 Å². The molecule has 104 valence electrons. The number of carbonyl (C=O) groups excluding carboxylic acids is 1. The van der Waals surface area contributed by atoms with Gasteiger partial charge in [-0.15, -0.1) is 24.8 Å². The first-order valence-corrected chi connectivity index (χ1v) is 5.65. The zero-order valence-corrected chi connectivity index (χ0v) is 12.0. The molecular weight excluding hydrogens is 275 g/mol. The molecule has 1 aromatic rings. The molecule has 3 N–H and O–H groups in total. The number of nitrogens with two attached hydrogens (primary N) is 1. The summed E-state index contributed by atoms with van der Waals surface area (Å²) in [5, 5.41) is 2.86. The van der Waals surface area contributed by atoms with E-state index in [0.29, 0.717) is 6.54 Å². The second-order valence-corrected chi connectivity index (χ2v) is 4.50. The number of nitrogens with one attached hydrogen (secondary N) is 1. The Bertz CT molecular complexity index is 388. The monoisotopic (exact) mass is 294 g/mol. The second kappa shape index (κ2) is 6.97. The molecular formula is C11H20Cl2N4O. The summed E-state index contributed by atoms with van der Waals surface area (Å²) in [5.74, 6) is 0.794. The van der Waals surface area contributed by atoms with Crippen molar-refractivity contribution >= 4 is 30.7 Å². The molecule has 1 amide bonds. The smallest absolute Gasteiger partial charge is 0.240 e. The van der Waals surface area contributed by atoms with Gasteiger partial charge < -0.3 is 15.6 Å². The maximum atomic E-state index is 11.9. The third-order valence-corrected chi connectivity index (χ3v) is 3.28. The molecule has 0 unspecified atom stereocenters. The topological polar surface area (TPSA) is 72.9 Å². The van der Waals surface area contributed by atoms with Gasteiger partial charge in [-0.1, -0.05) is 12.8 Å². The van der Waals surface area contributed by atoms with Crippen LogP contribution in [0, 0.1) is 0 Å². The zero-order valence-electron chi connectivity index (χ0n) is 10.4. The van der Waals surface area contributed by atoms with Crippen molar-refractivity contribution in [3.63, 3.8) is 0 Å². The number of imidazole rings is 1. The molecule has 0 atom stereocenters. The van der Waals surface area contributed by atoms with Crippen LogP contribution in [-0.4, -0.2) is 21.0 Å². The average Bonchev–Trinajstić information content (AvgIpc) is 2.85. The van der Waals surface area contributed by atoms with Crippen molar-refractivity contribution in [1.29, 1.82) is 0 Å². The van der Waals surface area contributed by atoms with E-state index >= 15 is 0 Å². The van der Waals surface area contributed by atoms with Gasteiger partial charge >= 0.3 is 0 Å². The van der Waals surface area contributed by atoms with Crippen LogP contribution in [0.25, 0.3) is 0 Å². The third kappa shape index (κ3) is 3.60. The first kappa shape index (κ1) is 17.2. The zero-order chi connectivity index (χ0) is 11.6. The van der Waals surface area contributed by atoms with Crippen LogP contribution in [0.15, 0.2) is 12.4 Å². The predicted molar refractivity (Wildman–Crippen MR) is 74.9 cm³/mol. The van der Waals surface area contributed by atoms with Crippen LogP contribution >= 0.6 is 24.8 Å². The molecule has 0 radical (unpaired) electrons. The number of nitrogens with zero attached hydrogens (tertiary/aromatic N) is 2. The fourth-order valence-corrected chi connectivity index (χ4v) is 2.14. The molecule has 2 rings (SSSR count). The molecule has 0 saturated heterocycles. The van der Waals surface area contributed by atoms with Crippen molar-refractivity contribution in [1.82, 2.24) is 14.9 Å². The molecule has 1 aliphatic carbocycles. The average molecular weight is 295 g/mol. The van der Waals surface area contributed by atoms with Crippen molar-refractivity contribution in [2.45, 2.75) is 37.8 Å². The van der Waals surface area contributed by atoms with E-state index in [-0.39, 0.29) is 30.7 Å². The highest BCUT2D eigenvalue weighted by Crippen LogP contribution is 2.27. The van der Waals surface area contributed by atoms with E-state index < -0.39 is 5.54 Å². The molecule has 1 aromatic heterocycles. The summed E-state index contributed by atoms with van der Waals surface area (Å²) in [6.07, 6.45) is 7.25. The van der Waals surface area contributed by atoms with Gasteiger partial charge in [0.2, 0.25) is 5.91 Å². The number of amides is 1. The van der Waals surface area contributed by atoms with Crippen molar-refractivity contribution in [3.05, 3.63) is 18.2 Å². The molecule has 1 aliphatic rings. The predicted octanol–water partition coefficient (Wildman–Crippen LogP) is 1.15. The van der Waals surface area contributed by atoms with E-state index in [2.05, 4.69) is 10.3 Å². The molecule has 0 bridgehead atoms. The quantitative estimate of drug-likeness (QED) is 0.878. The molecule has 0 aromatic carbocycles. The van der Waals surface area contributed by atoms with Crippen LogP contribution in [0.4, 0.5) is 0 Å². The highest BCUT2D eigenvalue weighted by atomic mass is 35.5. The van der Waals surface area contributed by atoms with Crippen LogP contribution in [0.2, 0.25) is 0 Å². The van der Waals surface area contributed by atoms with Gasteiger partial charge in [0.1, 0.15) is 5.82 Å². The minimum atomic E-state index is -0.648. The van der Waals surface area contributed by atoms with Crippen LogP contribution in [0.3, 0.4) is 0 Å². The Hall–Kier alpha value is -0.780. The Morgan fingerprint density at radius 3 is 2.61 bits per heavy atom. The lowest BCUT2D eigenvalue weighted by Gasteiger charge is -2.22. The fraction of sp³-hybridized carbons (Fsp3) is 0.636. The van der Waals surface area contributed by atoms with Gasteiger partial charge in [-0.3, -0.25) is 4.79 Å².